The van der Waals surface area contributed by atoms with Gasteiger partial charge in [-0.2, -0.15) is 0 Å². The number of pyridine rings is 1. The summed E-state index contributed by atoms with van der Waals surface area (Å²) in [6.07, 6.45) is 3.43. The number of sulfone groups is 1. The van der Waals surface area contributed by atoms with Crippen molar-refractivity contribution >= 4 is 15.5 Å². The number of nitrogens with zero attached hydrogens (tertiary/aromatic N) is 1. The molecule has 0 spiro atoms. The van der Waals surface area contributed by atoms with Gasteiger partial charge in [0.1, 0.15) is 0 Å². The van der Waals surface area contributed by atoms with Gasteiger partial charge in [0.05, 0.1) is 11.4 Å². The lowest BCUT2D eigenvalue weighted by molar-refractivity contribution is 0.592. The van der Waals surface area contributed by atoms with Gasteiger partial charge in [-0.3, -0.25) is 4.79 Å². The molecule has 0 bridgehead atoms. The zero-order chi connectivity index (χ0) is 11.9. The van der Waals surface area contributed by atoms with Gasteiger partial charge in [0.15, 0.2) is 14.7 Å². The van der Waals surface area contributed by atoms with Gasteiger partial charge < -0.3 is 10.3 Å². The van der Waals surface area contributed by atoms with Crippen LogP contribution in [0.5, 0.6) is 0 Å². The van der Waals surface area contributed by atoms with E-state index in [9.17, 15) is 13.2 Å². The number of hydrogen-bond donors (Lipinski definition) is 1. The van der Waals surface area contributed by atoms with Crippen molar-refractivity contribution in [3.05, 3.63) is 22.6 Å². The van der Waals surface area contributed by atoms with Gasteiger partial charge in [0, 0.05) is 12.2 Å². The highest BCUT2D eigenvalue weighted by Crippen LogP contribution is 2.34. The zero-order valence-corrected chi connectivity index (χ0v) is 9.83. The monoisotopic (exact) mass is 242 g/mol. The Kier molecular flexibility index (Phi) is 2.53. The average molecular weight is 242 g/mol. The minimum Gasteiger partial charge on any atom is -0.397 e. The van der Waals surface area contributed by atoms with Gasteiger partial charge in [-0.25, -0.2) is 8.42 Å². The molecule has 0 amide bonds. The highest BCUT2D eigenvalue weighted by molar-refractivity contribution is 7.91. The lowest BCUT2D eigenvalue weighted by Gasteiger charge is -2.09. The Bertz CT molecular complexity index is 570. The van der Waals surface area contributed by atoms with Gasteiger partial charge in [-0.15, -0.1) is 0 Å². The van der Waals surface area contributed by atoms with E-state index >= 15 is 0 Å². The Morgan fingerprint density at radius 1 is 1.50 bits per heavy atom. The topological polar surface area (TPSA) is 82.2 Å². The summed E-state index contributed by atoms with van der Waals surface area (Å²) in [4.78, 5) is 11.7. The van der Waals surface area contributed by atoms with Gasteiger partial charge in [-0.1, -0.05) is 6.92 Å². The fourth-order valence-electron chi connectivity index (χ4n) is 1.64. The smallest absolute Gasteiger partial charge is 0.271 e. The van der Waals surface area contributed by atoms with Crippen LogP contribution < -0.4 is 11.3 Å². The van der Waals surface area contributed by atoms with E-state index in [1.807, 2.05) is 0 Å². The second-order valence-corrected chi connectivity index (χ2v) is 6.16. The SMILES string of the molecule is CCS(=O)(=O)c1c(N)ccn(C2CC2)c1=O. The number of rotatable bonds is 3. The molecule has 88 valence electrons. The summed E-state index contributed by atoms with van der Waals surface area (Å²) in [7, 11) is -3.55. The third-order valence-corrected chi connectivity index (χ3v) is 4.53. The van der Waals surface area contributed by atoms with E-state index in [-0.39, 0.29) is 22.4 Å². The molecule has 1 saturated carbocycles. The molecule has 0 aliphatic heterocycles. The molecule has 5 nitrogen and oxygen atoms in total. The van der Waals surface area contributed by atoms with Gasteiger partial charge in [0.2, 0.25) is 0 Å². The minimum absolute atomic E-state index is 0.0451. The van der Waals surface area contributed by atoms with Crippen LogP contribution in [0.25, 0.3) is 0 Å². The van der Waals surface area contributed by atoms with Crippen LogP contribution in [0, 0.1) is 0 Å². The molecular formula is C10H14N2O3S. The standard InChI is InChI=1S/C10H14N2O3S/c1-2-16(14,15)9-8(11)5-6-12(10(9)13)7-3-4-7/h5-7H,2-4,11H2,1H3. The van der Waals surface area contributed by atoms with Crippen molar-refractivity contribution < 1.29 is 8.42 Å². The molecular weight excluding hydrogens is 228 g/mol. The fraction of sp³-hybridized carbons (Fsp3) is 0.500. The van der Waals surface area contributed by atoms with Crippen molar-refractivity contribution in [1.29, 1.82) is 0 Å². The third-order valence-electron chi connectivity index (χ3n) is 2.74. The number of aromatic nitrogens is 1. The third kappa shape index (κ3) is 1.73. The Morgan fingerprint density at radius 2 is 2.12 bits per heavy atom. The van der Waals surface area contributed by atoms with E-state index in [2.05, 4.69) is 0 Å². The van der Waals surface area contributed by atoms with E-state index < -0.39 is 15.4 Å². The van der Waals surface area contributed by atoms with E-state index in [0.29, 0.717) is 0 Å². The van der Waals surface area contributed by atoms with E-state index in [4.69, 9.17) is 5.73 Å². The van der Waals surface area contributed by atoms with Crippen molar-refractivity contribution in [2.45, 2.75) is 30.7 Å². The van der Waals surface area contributed by atoms with Gasteiger partial charge in [0.25, 0.3) is 5.56 Å². The van der Waals surface area contributed by atoms with Crippen LogP contribution in [0.15, 0.2) is 22.0 Å². The maximum Gasteiger partial charge on any atom is 0.271 e. The molecule has 1 aliphatic carbocycles. The Labute approximate surface area is 93.8 Å². The molecule has 2 N–H and O–H groups in total. The van der Waals surface area contributed by atoms with Crippen molar-refractivity contribution in [3.63, 3.8) is 0 Å². The first-order valence-corrected chi connectivity index (χ1v) is 6.86. The predicted molar refractivity (Wildman–Crippen MR) is 61.1 cm³/mol. The van der Waals surface area contributed by atoms with Crippen LogP contribution >= 0.6 is 0 Å². The van der Waals surface area contributed by atoms with Crippen LogP contribution in [-0.2, 0) is 9.84 Å². The summed E-state index contributed by atoms with van der Waals surface area (Å²) in [5.41, 5.74) is 5.14. The second-order valence-electron chi connectivity index (χ2n) is 3.95. The summed E-state index contributed by atoms with van der Waals surface area (Å²) in [5, 5.41) is 0. The molecule has 1 aromatic heterocycles. The maximum atomic E-state index is 12.0. The number of nitrogens with two attached hydrogens (primary N) is 1. The van der Waals surface area contributed by atoms with E-state index in [1.54, 1.807) is 6.20 Å². The Hall–Kier alpha value is -1.30. The van der Waals surface area contributed by atoms with Crippen molar-refractivity contribution in [3.8, 4) is 0 Å². The average Bonchev–Trinajstić information content (AvgIpc) is 3.01. The van der Waals surface area contributed by atoms with Crippen molar-refractivity contribution in [2.75, 3.05) is 11.5 Å². The summed E-state index contributed by atoms with van der Waals surface area (Å²) < 4.78 is 25.0. The lowest BCUT2D eigenvalue weighted by Crippen LogP contribution is -2.27. The molecule has 1 fully saturated rings. The molecule has 0 atom stereocenters. The fourth-order valence-corrected chi connectivity index (χ4v) is 2.73. The Balaban J connectivity index is 2.69. The molecule has 0 radical (unpaired) electrons. The first-order valence-electron chi connectivity index (χ1n) is 5.20. The molecule has 1 heterocycles. The van der Waals surface area contributed by atoms with Crippen molar-refractivity contribution in [2.24, 2.45) is 0 Å². The quantitative estimate of drug-likeness (QED) is 0.839. The van der Waals surface area contributed by atoms with Gasteiger partial charge >= 0.3 is 0 Å². The van der Waals surface area contributed by atoms with E-state index in [0.717, 1.165) is 12.8 Å². The summed E-state index contributed by atoms with van der Waals surface area (Å²) in [6.45, 7) is 1.50. The molecule has 0 unspecified atom stereocenters. The highest BCUT2D eigenvalue weighted by Gasteiger charge is 2.28. The normalized spacial score (nSPS) is 16.3. The molecule has 2 rings (SSSR count). The van der Waals surface area contributed by atoms with E-state index in [1.165, 1.54) is 17.6 Å². The zero-order valence-electron chi connectivity index (χ0n) is 9.01. The summed E-state index contributed by atoms with van der Waals surface area (Å²) >= 11 is 0. The van der Waals surface area contributed by atoms with Crippen molar-refractivity contribution in [1.82, 2.24) is 4.57 Å². The maximum absolute atomic E-state index is 12.0. The molecule has 1 aliphatic rings. The van der Waals surface area contributed by atoms with Crippen LogP contribution in [-0.4, -0.2) is 18.7 Å². The Morgan fingerprint density at radius 3 is 2.62 bits per heavy atom. The van der Waals surface area contributed by atoms with Crippen LogP contribution in [0.2, 0.25) is 0 Å². The molecule has 1 aromatic rings. The van der Waals surface area contributed by atoms with Crippen LogP contribution in [0.1, 0.15) is 25.8 Å². The molecule has 0 saturated heterocycles. The van der Waals surface area contributed by atoms with Gasteiger partial charge in [-0.05, 0) is 18.9 Å². The molecule has 6 heteroatoms. The number of anilines is 1. The first kappa shape index (κ1) is 11.2. The molecule has 0 aromatic carbocycles. The summed E-state index contributed by atoms with van der Waals surface area (Å²) in [5.74, 6) is -0.110. The second kappa shape index (κ2) is 3.62. The molecule has 16 heavy (non-hydrogen) atoms. The van der Waals surface area contributed by atoms with Crippen LogP contribution in [0.4, 0.5) is 5.69 Å². The minimum atomic E-state index is -3.55. The first-order chi connectivity index (χ1) is 7.47. The largest absolute Gasteiger partial charge is 0.397 e. The lowest BCUT2D eigenvalue weighted by atomic mass is 10.4. The predicted octanol–water partition coefficient (Wildman–Crippen LogP) is 0.559. The summed E-state index contributed by atoms with van der Waals surface area (Å²) in [6, 6.07) is 1.64. The number of hydrogen-bond acceptors (Lipinski definition) is 4. The number of nitrogen functional groups attached to an aromatic ring is 1. The van der Waals surface area contributed by atoms with Crippen LogP contribution in [0.3, 0.4) is 0 Å². The highest BCUT2D eigenvalue weighted by atomic mass is 32.2.